The fraction of sp³-hybridized carbons (Fsp3) is 0.267. The van der Waals surface area contributed by atoms with Crippen LogP contribution in [0.3, 0.4) is 0 Å². The molecule has 0 fully saturated rings. The number of ether oxygens (including phenoxy) is 1. The van der Waals surface area contributed by atoms with Gasteiger partial charge in [0.15, 0.2) is 0 Å². The zero-order valence-electron chi connectivity index (χ0n) is 22.1. The Kier molecular flexibility index (Phi) is 5.49. The van der Waals surface area contributed by atoms with Gasteiger partial charge in [-0.25, -0.2) is 14.4 Å². The lowest BCUT2D eigenvalue weighted by atomic mass is 10.0. The highest BCUT2D eigenvalue weighted by Crippen LogP contribution is 2.37. The van der Waals surface area contributed by atoms with Crippen LogP contribution in [-0.2, 0) is 20.0 Å². The van der Waals surface area contributed by atoms with Crippen LogP contribution in [0, 0.1) is 17.7 Å². The Balaban J connectivity index is 1.17. The number of hydrogen-bond acceptors (Lipinski definition) is 6. The van der Waals surface area contributed by atoms with Crippen LogP contribution in [0.25, 0.3) is 21.8 Å². The molecular formula is C30H26FN7O2. The Labute approximate surface area is 229 Å². The molecule has 10 heteroatoms. The molecule has 2 aliphatic rings. The highest BCUT2D eigenvalue weighted by atomic mass is 19.1. The summed E-state index contributed by atoms with van der Waals surface area (Å²) in [7, 11) is 3.43. The van der Waals surface area contributed by atoms with Crippen molar-refractivity contribution in [3.8, 4) is 17.6 Å². The van der Waals surface area contributed by atoms with Crippen LogP contribution >= 0.6 is 0 Å². The van der Waals surface area contributed by atoms with Crippen molar-refractivity contribution in [3.63, 3.8) is 0 Å². The van der Waals surface area contributed by atoms with Gasteiger partial charge in [-0.1, -0.05) is 12.0 Å². The molecule has 2 N–H and O–H groups in total. The maximum atomic E-state index is 15.2. The van der Waals surface area contributed by atoms with Gasteiger partial charge in [-0.05, 0) is 37.0 Å². The molecule has 40 heavy (non-hydrogen) atoms. The minimum atomic E-state index is -0.662. The lowest BCUT2D eigenvalue weighted by Crippen LogP contribution is -2.32. The second-order valence-electron chi connectivity index (χ2n) is 10.3. The number of anilines is 1. The molecule has 5 aromatic rings. The quantitative estimate of drug-likeness (QED) is 0.343. The van der Waals surface area contributed by atoms with E-state index in [0.29, 0.717) is 27.6 Å². The normalized spacial score (nSPS) is 15.8. The molecule has 0 spiro atoms. The number of carbonyl (C=O) groups excluding carboxylic acids is 1. The van der Waals surface area contributed by atoms with Gasteiger partial charge in [0.25, 0.3) is 5.91 Å². The monoisotopic (exact) mass is 535 g/mol. The molecule has 0 saturated carbocycles. The van der Waals surface area contributed by atoms with Gasteiger partial charge in [-0.3, -0.25) is 9.48 Å². The number of amides is 1. The molecular weight excluding hydrogens is 509 g/mol. The highest BCUT2D eigenvalue weighted by molar-refractivity contribution is 6.10. The molecule has 0 bridgehead atoms. The van der Waals surface area contributed by atoms with Crippen molar-refractivity contribution in [2.75, 3.05) is 19.4 Å². The molecule has 2 aromatic carbocycles. The molecule has 7 rings (SSSR count). The van der Waals surface area contributed by atoms with Crippen molar-refractivity contribution in [2.45, 2.75) is 31.8 Å². The number of aromatic nitrogens is 5. The lowest BCUT2D eigenvalue weighted by Gasteiger charge is -2.24. The molecule has 0 unspecified atom stereocenters. The van der Waals surface area contributed by atoms with E-state index >= 15 is 4.39 Å². The fourth-order valence-corrected chi connectivity index (χ4v) is 5.72. The summed E-state index contributed by atoms with van der Waals surface area (Å²) in [5, 5.41) is 5.51. The highest BCUT2D eigenvalue weighted by Gasteiger charge is 2.32. The smallest absolute Gasteiger partial charge is 0.257 e. The molecule has 0 aliphatic carbocycles. The maximum absolute atomic E-state index is 15.2. The summed E-state index contributed by atoms with van der Waals surface area (Å²) in [6, 6.07) is 8.15. The van der Waals surface area contributed by atoms with Crippen LogP contribution in [0.2, 0.25) is 0 Å². The molecule has 0 radical (unpaired) electrons. The van der Waals surface area contributed by atoms with Gasteiger partial charge >= 0.3 is 0 Å². The fourth-order valence-electron chi connectivity index (χ4n) is 5.72. The predicted octanol–water partition coefficient (Wildman–Crippen LogP) is 3.98. The van der Waals surface area contributed by atoms with E-state index in [1.807, 2.05) is 24.4 Å². The van der Waals surface area contributed by atoms with Crippen molar-refractivity contribution < 1.29 is 13.9 Å². The predicted molar refractivity (Wildman–Crippen MR) is 148 cm³/mol. The van der Waals surface area contributed by atoms with Gasteiger partial charge in [0.2, 0.25) is 0 Å². The number of hydrogen-bond donors (Lipinski definition) is 1. The van der Waals surface area contributed by atoms with E-state index < -0.39 is 11.7 Å². The second-order valence-corrected chi connectivity index (χ2v) is 10.3. The summed E-state index contributed by atoms with van der Waals surface area (Å²) in [6.07, 6.45) is 6.75. The number of carbonyl (C=O) groups is 1. The summed E-state index contributed by atoms with van der Waals surface area (Å²) < 4.78 is 25.0. The minimum Gasteiger partial charge on any atom is -0.491 e. The average Bonchev–Trinajstić information content (AvgIpc) is 3.68. The number of nitrogens with zero attached hydrogens (tertiary/aromatic N) is 6. The Morgan fingerprint density at radius 1 is 1.18 bits per heavy atom. The van der Waals surface area contributed by atoms with Crippen LogP contribution in [0.5, 0.6) is 5.75 Å². The Hall–Kier alpha value is -4.91. The summed E-state index contributed by atoms with van der Waals surface area (Å²) in [5.74, 6) is 7.37. The van der Waals surface area contributed by atoms with Crippen LogP contribution in [0.15, 0.2) is 42.7 Å². The number of pyridine rings is 1. The van der Waals surface area contributed by atoms with Crippen molar-refractivity contribution in [1.29, 1.82) is 0 Å². The molecule has 200 valence electrons. The number of imidazole rings is 1. The van der Waals surface area contributed by atoms with Gasteiger partial charge in [0.1, 0.15) is 35.5 Å². The maximum Gasteiger partial charge on any atom is 0.257 e. The first-order chi connectivity index (χ1) is 19.4. The topological polar surface area (TPSA) is 104 Å². The second kappa shape index (κ2) is 9.09. The van der Waals surface area contributed by atoms with Crippen molar-refractivity contribution >= 4 is 33.5 Å². The first-order valence-electron chi connectivity index (χ1n) is 13.2. The van der Waals surface area contributed by atoms with Crippen molar-refractivity contribution in [2.24, 2.45) is 7.05 Å². The molecule has 5 heterocycles. The Morgan fingerprint density at radius 3 is 2.92 bits per heavy atom. The number of nitrogen functional groups attached to an aromatic ring is 1. The summed E-state index contributed by atoms with van der Waals surface area (Å²) in [4.78, 5) is 23.9. The van der Waals surface area contributed by atoms with Gasteiger partial charge in [-0.2, -0.15) is 5.10 Å². The minimum absolute atomic E-state index is 0.0517. The Morgan fingerprint density at radius 2 is 2.05 bits per heavy atom. The van der Waals surface area contributed by atoms with Crippen LogP contribution in [-0.4, -0.2) is 48.8 Å². The third kappa shape index (κ3) is 3.77. The largest absolute Gasteiger partial charge is 0.491 e. The van der Waals surface area contributed by atoms with Gasteiger partial charge < -0.3 is 19.9 Å². The van der Waals surface area contributed by atoms with Crippen LogP contribution < -0.4 is 10.5 Å². The average molecular weight is 536 g/mol. The zero-order chi connectivity index (χ0) is 27.5. The lowest BCUT2D eigenvalue weighted by molar-refractivity contribution is 0.0704. The molecule has 1 amide bonds. The number of halogens is 1. The zero-order valence-corrected chi connectivity index (χ0v) is 22.1. The number of likely N-dealkylation sites (N-methyl/N-ethyl adjacent to an activating group) is 1. The number of rotatable bonds is 2. The number of fused-ring (bicyclic) bond motifs is 5. The van der Waals surface area contributed by atoms with E-state index in [1.54, 1.807) is 25.0 Å². The van der Waals surface area contributed by atoms with Crippen LogP contribution in [0.1, 0.15) is 51.9 Å². The van der Waals surface area contributed by atoms with E-state index in [-0.39, 0.29) is 24.0 Å². The van der Waals surface area contributed by atoms with E-state index in [9.17, 15) is 4.79 Å². The van der Waals surface area contributed by atoms with Gasteiger partial charge in [0, 0.05) is 49.6 Å². The van der Waals surface area contributed by atoms with Crippen molar-refractivity contribution in [1.82, 2.24) is 29.2 Å². The Bertz CT molecular complexity index is 1910. The van der Waals surface area contributed by atoms with Gasteiger partial charge in [0.05, 0.1) is 40.4 Å². The van der Waals surface area contributed by atoms with Gasteiger partial charge in [-0.15, -0.1) is 0 Å². The van der Waals surface area contributed by atoms with E-state index in [1.165, 1.54) is 17.0 Å². The summed E-state index contributed by atoms with van der Waals surface area (Å²) in [6.45, 7) is 1.22. The molecule has 1 atom stereocenters. The first-order valence-corrected chi connectivity index (χ1v) is 13.2. The SMILES string of the molecule is CN(C(=O)c1cc2c(cc1F)nc(N)c1cnn(C)c12)[C@@H]1COc2cc(C#Cc3cnc4n3CCCC4)ccc21. The summed E-state index contributed by atoms with van der Waals surface area (Å²) >= 11 is 0. The number of benzene rings is 2. The molecule has 2 aliphatic heterocycles. The van der Waals surface area contributed by atoms with E-state index in [4.69, 9.17) is 10.5 Å². The standard InChI is InChI=1S/C30H26FN7O2/c1-36(30(39)20-12-21-24(13-23(20)31)35-29(32)22-15-34-37(2)28(21)22)25-16-40-26-11-17(7-9-19(25)26)6-8-18-14-33-27-5-3-4-10-38(18)27/h7,9,11-15,25H,3-5,10,16H2,1-2H3,(H2,32,35)/t25-/m1/s1. The number of nitrogens with two attached hydrogens (primary N) is 1. The third-order valence-corrected chi connectivity index (χ3v) is 7.89. The summed E-state index contributed by atoms with van der Waals surface area (Å²) in [5.41, 5.74) is 9.64. The third-order valence-electron chi connectivity index (χ3n) is 7.89. The number of aryl methyl sites for hydroxylation is 2. The first kappa shape index (κ1) is 24.2. The molecule has 3 aromatic heterocycles. The molecule has 9 nitrogen and oxygen atoms in total. The van der Waals surface area contributed by atoms with E-state index in [2.05, 4.69) is 31.5 Å². The molecule has 0 saturated heterocycles. The van der Waals surface area contributed by atoms with E-state index in [0.717, 1.165) is 48.5 Å². The van der Waals surface area contributed by atoms with Crippen molar-refractivity contribution in [3.05, 3.63) is 76.8 Å². The van der Waals surface area contributed by atoms with Crippen LogP contribution in [0.4, 0.5) is 10.2 Å².